The molecule has 2 aromatic rings. The summed E-state index contributed by atoms with van der Waals surface area (Å²) in [5.41, 5.74) is 0.396. The molecule has 7 nitrogen and oxygen atoms in total. The monoisotopic (exact) mass is 443 g/mol. The van der Waals surface area contributed by atoms with E-state index in [1.54, 1.807) is 29.2 Å². The third-order valence-electron chi connectivity index (χ3n) is 5.69. The highest BCUT2D eigenvalue weighted by Gasteiger charge is 2.44. The van der Waals surface area contributed by atoms with Gasteiger partial charge >= 0.3 is 0 Å². The summed E-state index contributed by atoms with van der Waals surface area (Å²) in [7, 11) is 1.46. The lowest BCUT2D eigenvalue weighted by molar-refractivity contribution is -0.120. The number of piperazine rings is 1. The molecule has 2 aliphatic rings. The Balaban J connectivity index is 1.80. The minimum Gasteiger partial charge on any atom is -0.496 e. The lowest BCUT2D eigenvalue weighted by Gasteiger charge is -2.36. The number of aliphatic hydroxyl groups is 1. The van der Waals surface area contributed by atoms with Crippen molar-refractivity contribution in [1.29, 1.82) is 0 Å². The third-order valence-corrected chi connectivity index (χ3v) is 5.69. The summed E-state index contributed by atoms with van der Waals surface area (Å²) < 4.78 is 33.4. The first-order chi connectivity index (χ1) is 15.5. The first-order valence-electron chi connectivity index (χ1n) is 10.3. The number of ether oxygens (including phenoxy) is 1. The molecule has 0 saturated carbocycles. The first-order valence-corrected chi connectivity index (χ1v) is 10.3. The maximum absolute atomic E-state index is 14.6. The molecule has 9 heteroatoms. The predicted octanol–water partition coefficient (Wildman–Crippen LogP) is 1.87. The molecule has 32 heavy (non-hydrogen) atoms. The fraction of sp³-hybridized carbons (Fsp3) is 0.304. The normalized spacial score (nSPS) is 17.5. The Morgan fingerprint density at radius 2 is 1.72 bits per heavy atom. The van der Waals surface area contributed by atoms with Crippen LogP contribution in [0.4, 0.5) is 14.5 Å². The lowest BCUT2D eigenvalue weighted by atomic mass is 10.0. The van der Waals surface area contributed by atoms with Crippen LogP contribution >= 0.6 is 0 Å². The van der Waals surface area contributed by atoms with Gasteiger partial charge in [0.1, 0.15) is 23.1 Å². The van der Waals surface area contributed by atoms with Gasteiger partial charge in [0, 0.05) is 44.4 Å². The molecule has 168 valence electrons. The van der Waals surface area contributed by atoms with Gasteiger partial charge in [0.05, 0.1) is 25.0 Å². The molecule has 2 aromatic carbocycles. The highest BCUT2D eigenvalue weighted by molar-refractivity contribution is 6.45. The molecule has 0 aromatic heterocycles. The maximum atomic E-state index is 14.6. The maximum Gasteiger partial charge on any atom is 0.282 e. The number of aliphatic hydroxyl groups excluding tert-OH is 1. The van der Waals surface area contributed by atoms with Crippen molar-refractivity contribution < 1.29 is 28.2 Å². The van der Waals surface area contributed by atoms with Crippen LogP contribution in [0.2, 0.25) is 0 Å². The van der Waals surface area contributed by atoms with Crippen LogP contribution in [0.5, 0.6) is 5.75 Å². The Morgan fingerprint density at radius 1 is 1.00 bits per heavy atom. The van der Waals surface area contributed by atoms with E-state index in [9.17, 15) is 23.5 Å². The molecule has 0 radical (unpaired) electrons. The average Bonchev–Trinajstić information content (AvgIpc) is 3.04. The molecule has 2 heterocycles. The number of methoxy groups -OCH3 is 1. The smallest absolute Gasteiger partial charge is 0.282 e. The predicted molar refractivity (Wildman–Crippen MR) is 114 cm³/mol. The summed E-state index contributed by atoms with van der Waals surface area (Å²) in [6.45, 7) is 2.64. The van der Waals surface area contributed by atoms with Crippen LogP contribution in [-0.4, -0.2) is 73.2 Å². The zero-order valence-corrected chi connectivity index (χ0v) is 17.6. The van der Waals surface area contributed by atoms with Crippen LogP contribution in [0, 0.1) is 11.6 Å². The van der Waals surface area contributed by atoms with Crippen LogP contribution in [0.1, 0.15) is 5.56 Å². The SMILES string of the molecule is COc1ccccc1C1=C(N2CCN(CCO)CC2)C(=O)N(c2ccc(F)cc2F)C1=O. The van der Waals surface area contributed by atoms with E-state index in [0.717, 1.165) is 17.0 Å². The van der Waals surface area contributed by atoms with Crippen molar-refractivity contribution in [2.45, 2.75) is 0 Å². The number of benzene rings is 2. The van der Waals surface area contributed by atoms with E-state index in [2.05, 4.69) is 4.90 Å². The molecule has 0 atom stereocenters. The fourth-order valence-electron chi connectivity index (χ4n) is 4.12. The first kappa shape index (κ1) is 21.9. The second-order valence-corrected chi connectivity index (χ2v) is 7.52. The highest BCUT2D eigenvalue weighted by atomic mass is 19.1. The standard InChI is InChI=1S/C23H23F2N3O4/c1-32-19-5-3-2-4-16(19)20-21(27-10-8-26(9-11-27)12-13-29)23(31)28(22(20)30)18-7-6-15(24)14-17(18)25/h2-7,14,29H,8-13H2,1H3. The second-order valence-electron chi connectivity index (χ2n) is 7.52. The minimum atomic E-state index is -1.000. The molecule has 0 bridgehead atoms. The molecule has 2 aliphatic heterocycles. The minimum absolute atomic E-state index is 0.0319. The lowest BCUT2D eigenvalue weighted by Crippen LogP contribution is -2.48. The van der Waals surface area contributed by atoms with Crippen LogP contribution in [0.25, 0.3) is 5.57 Å². The Kier molecular flexibility index (Phi) is 6.20. The molecule has 1 N–H and O–H groups in total. The van der Waals surface area contributed by atoms with Gasteiger partial charge in [0.25, 0.3) is 11.8 Å². The van der Waals surface area contributed by atoms with Gasteiger partial charge in [-0.05, 0) is 18.2 Å². The summed E-state index contributed by atoms with van der Waals surface area (Å²) in [6, 6.07) is 9.56. The number of amides is 2. The molecule has 4 rings (SSSR count). The molecular formula is C23H23F2N3O4. The number of halogens is 2. The van der Waals surface area contributed by atoms with Crippen LogP contribution in [-0.2, 0) is 9.59 Å². The molecule has 0 spiro atoms. The summed E-state index contributed by atoms with van der Waals surface area (Å²) in [6.07, 6.45) is 0. The van der Waals surface area contributed by atoms with E-state index in [1.165, 1.54) is 7.11 Å². The molecule has 1 fully saturated rings. The van der Waals surface area contributed by atoms with Gasteiger partial charge < -0.3 is 14.7 Å². The summed E-state index contributed by atoms with van der Waals surface area (Å²) in [5, 5.41) is 9.18. The number of hydrogen-bond acceptors (Lipinski definition) is 6. The van der Waals surface area contributed by atoms with E-state index in [1.807, 2.05) is 0 Å². The number of β-amino-alcohol motifs (C(OH)–C–C–N with tert-alkyl or cyclic N) is 1. The van der Waals surface area contributed by atoms with E-state index in [4.69, 9.17) is 4.74 Å². The number of hydrogen-bond donors (Lipinski definition) is 1. The van der Waals surface area contributed by atoms with Gasteiger partial charge in [-0.25, -0.2) is 13.7 Å². The van der Waals surface area contributed by atoms with Gasteiger partial charge in [0.2, 0.25) is 0 Å². The molecule has 2 amide bonds. The molecule has 1 saturated heterocycles. The van der Waals surface area contributed by atoms with Crippen LogP contribution < -0.4 is 9.64 Å². The second kappa shape index (κ2) is 9.05. The Hall–Kier alpha value is -3.30. The summed E-state index contributed by atoms with van der Waals surface area (Å²) in [4.78, 5) is 31.6. The van der Waals surface area contributed by atoms with Crippen molar-refractivity contribution in [2.24, 2.45) is 0 Å². The summed E-state index contributed by atoms with van der Waals surface area (Å²) >= 11 is 0. The van der Waals surface area contributed by atoms with Crippen molar-refractivity contribution in [3.8, 4) is 5.75 Å². The molecule has 0 unspecified atom stereocenters. The number of carbonyl (C=O) groups excluding carboxylic acids is 2. The van der Waals surface area contributed by atoms with Gasteiger partial charge in [0.15, 0.2) is 0 Å². The largest absolute Gasteiger partial charge is 0.496 e. The van der Waals surface area contributed by atoms with Crippen LogP contribution in [0.15, 0.2) is 48.2 Å². The van der Waals surface area contributed by atoms with Crippen LogP contribution in [0.3, 0.4) is 0 Å². The third kappa shape index (κ3) is 3.85. The number of nitrogens with zero attached hydrogens (tertiary/aromatic N) is 3. The number of imide groups is 1. The van der Waals surface area contributed by atoms with Crippen molar-refractivity contribution >= 4 is 23.1 Å². The van der Waals surface area contributed by atoms with Gasteiger partial charge in [-0.3, -0.25) is 14.5 Å². The number of carbonyl (C=O) groups is 2. The van der Waals surface area contributed by atoms with Gasteiger partial charge in [-0.15, -0.1) is 0 Å². The van der Waals surface area contributed by atoms with Crippen molar-refractivity contribution in [2.75, 3.05) is 51.3 Å². The van der Waals surface area contributed by atoms with Gasteiger partial charge in [-0.1, -0.05) is 18.2 Å². The Morgan fingerprint density at radius 3 is 2.38 bits per heavy atom. The topological polar surface area (TPSA) is 73.3 Å². The average molecular weight is 443 g/mol. The van der Waals surface area contributed by atoms with E-state index < -0.39 is 23.4 Å². The van der Waals surface area contributed by atoms with Gasteiger partial charge in [-0.2, -0.15) is 0 Å². The molecule has 0 aliphatic carbocycles. The highest BCUT2D eigenvalue weighted by Crippen LogP contribution is 2.39. The molecular weight excluding hydrogens is 420 g/mol. The number of rotatable bonds is 6. The van der Waals surface area contributed by atoms with E-state index in [-0.39, 0.29) is 23.6 Å². The zero-order valence-electron chi connectivity index (χ0n) is 17.6. The van der Waals surface area contributed by atoms with Crippen molar-refractivity contribution in [3.05, 3.63) is 65.4 Å². The zero-order chi connectivity index (χ0) is 22.8. The summed E-state index contributed by atoms with van der Waals surface area (Å²) in [5.74, 6) is -2.76. The quantitative estimate of drug-likeness (QED) is 0.688. The van der Waals surface area contributed by atoms with E-state index >= 15 is 0 Å². The van der Waals surface area contributed by atoms with Crippen molar-refractivity contribution in [3.63, 3.8) is 0 Å². The number of anilines is 1. The Bertz CT molecular complexity index is 1080. The van der Waals surface area contributed by atoms with E-state index in [0.29, 0.717) is 50.1 Å². The van der Waals surface area contributed by atoms with Crippen molar-refractivity contribution in [1.82, 2.24) is 9.80 Å². The number of para-hydroxylation sites is 1. The Labute approximate surface area is 184 Å². The fourth-order valence-corrected chi connectivity index (χ4v) is 4.12.